The number of nitrogens with one attached hydrogen (secondary N) is 1. The number of sulfonamides is 1. The van der Waals surface area contributed by atoms with E-state index in [1.807, 2.05) is 4.90 Å². The van der Waals surface area contributed by atoms with Crippen LogP contribution in [-0.4, -0.2) is 65.3 Å². The molecule has 1 fully saturated rings. The first-order chi connectivity index (χ1) is 18.0. The maximum absolute atomic E-state index is 15.0. The van der Waals surface area contributed by atoms with E-state index in [0.29, 0.717) is 26.3 Å². The summed E-state index contributed by atoms with van der Waals surface area (Å²) in [5.41, 5.74) is -0.693. The SMILES string of the molecule is O=S(=O)(CCN1CCOCC1)Nc1cc(C(c2cc(F)ccc2F)S(=O)(=O)c2ccc(Cl)cc2)c(Cl)cn1. The fourth-order valence-electron chi connectivity index (χ4n) is 3.97. The van der Waals surface area contributed by atoms with E-state index in [4.69, 9.17) is 27.9 Å². The van der Waals surface area contributed by atoms with Gasteiger partial charge in [-0.15, -0.1) is 0 Å². The maximum Gasteiger partial charge on any atom is 0.235 e. The maximum atomic E-state index is 15.0. The van der Waals surface area contributed by atoms with Gasteiger partial charge in [0, 0.05) is 36.4 Å². The molecule has 38 heavy (non-hydrogen) atoms. The van der Waals surface area contributed by atoms with Gasteiger partial charge in [-0.3, -0.25) is 9.62 Å². The monoisotopic (exact) mass is 605 g/mol. The smallest absolute Gasteiger partial charge is 0.235 e. The van der Waals surface area contributed by atoms with Crippen LogP contribution in [0.25, 0.3) is 0 Å². The molecule has 4 rings (SSSR count). The Balaban J connectivity index is 1.73. The van der Waals surface area contributed by atoms with Crippen molar-refractivity contribution < 1.29 is 30.4 Å². The summed E-state index contributed by atoms with van der Waals surface area (Å²) in [5.74, 6) is -2.33. The third-order valence-electron chi connectivity index (χ3n) is 5.90. The molecule has 0 amide bonds. The Kier molecular flexibility index (Phi) is 8.90. The second kappa shape index (κ2) is 11.8. The van der Waals surface area contributed by atoms with Gasteiger partial charge < -0.3 is 4.74 Å². The van der Waals surface area contributed by atoms with E-state index < -0.39 is 42.3 Å². The summed E-state index contributed by atoms with van der Waals surface area (Å²) in [6, 6.07) is 8.67. The fraction of sp³-hybridized carbons (Fsp3) is 0.292. The lowest BCUT2D eigenvalue weighted by Crippen LogP contribution is -2.39. The minimum atomic E-state index is -4.44. The number of morpholine rings is 1. The van der Waals surface area contributed by atoms with E-state index in [-0.39, 0.29) is 38.6 Å². The highest BCUT2D eigenvalue weighted by Crippen LogP contribution is 2.40. The molecule has 204 valence electrons. The number of sulfone groups is 1. The Labute approximate surface area is 229 Å². The van der Waals surface area contributed by atoms with Crippen LogP contribution in [0.4, 0.5) is 14.6 Å². The number of hydrogen-bond donors (Lipinski definition) is 1. The molecule has 0 radical (unpaired) electrons. The van der Waals surface area contributed by atoms with Gasteiger partial charge >= 0.3 is 0 Å². The van der Waals surface area contributed by atoms with E-state index in [1.54, 1.807) is 0 Å². The summed E-state index contributed by atoms with van der Waals surface area (Å²) in [6.45, 7) is 2.47. The predicted molar refractivity (Wildman–Crippen MR) is 141 cm³/mol. The Morgan fingerprint density at radius 3 is 2.34 bits per heavy atom. The zero-order valence-corrected chi connectivity index (χ0v) is 22.9. The van der Waals surface area contributed by atoms with Crippen LogP contribution >= 0.6 is 23.2 Å². The first kappa shape index (κ1) is 28.7. The normalized spacial score (nSPS) is 15.8. The topological polar surface area (TPSA) is 106 Å². The largest absolute Gasteiger partial charge is 0.379 e. The van der Waals surface area contributed by atoms with Crippen LogP contribution in [-0.2, 0) is 24.6 Å². The van der Waals surface area contributed by atoms with Crippen LogP contribution in [0.3, 0.4) is 0 Å². The van der Waals surface area contributed by atoms with Crippen LogP contribution < -0.4 is 4.72 Å². The van der Waals surface area contributed by atoms with Crippen LogP contribution in [0.15, 0.2) is 59.6 Å². The van der Waals surface area contributed by atoms with Gasteiger partial charge in [-0.2, -0.15) is 0 Å². The number of anilines is 1. The number of pyridine rings is 1. The lowest BCUT2D eigenvalue weighted by atomic mass is 10.0. The van der Waals surface area contributed by atoms with Gasteiger partial charge in [0.25, 0.3) is 0 Å². The molecule has 1 atom stereocenters. The zero-order chi connectivity index (χ0) is 27.5. The molecule has 1 aliphatic heterocycles. The van der Waals surface area contributed by atoms with Gasteiger partial charge in [-0.1, -0.05) is 23.2 Å². The summed E-state index contributed by atoms with van der Waals surface area (Å²) >= 11 is 12.2. The first-order valence-corrected chi connectivity index (χ1v) is 15.3. The number of benzene rings is 2. The van der Waals surface area contributed by atoms with Crippen molar-refractivity contribution in [3.63, 3.8) is 0 Å². The third-order valence-corrected chi connectivity index (χ3v) is 9.77. The third kappa shape index (κ3) is 6.80. The van der Waals surface area contributed by atoms with Gasteiger partial charge in [0.2, 0.25) is 10.0 Å². The van der Waals surface area contributed by atoms with Gasteiger partial charge in [-0.05, 0) is 54.1 Å². The van der Waals surface area contributed by atoms with Gasteiger partial charge in [0.1, 0.15) is 22.7 Å². The number of ether oxygens (including phenoxy) is 1. The Morgan fingerprint density at radius 1 is 0.974 bits per heavy atom. The molecule has 1 aliphatic rings. The van der Waals surface area contributed by atoms with E-state index >= 15 is 0 Å². The molecule has 0 aliphatic carbocycles. The van der Waals surface area contributed by atoms with Crippen molar-refractivity contribution in [1.82, 2.24) is 9.88 Å². The minimum absolute atomic E-state index is 0.188. The summed E-state index contributed by atoms with van der Waals surface area (Å²) in [6.07, 6.45) is 1.05. The van der Waals surface area contributed by atoms with Crippen LogP contribution in [0.1, 0.15) is 16.4 Å². The quantitative estimate of drug-likeness (QED) is 0.387. The van der Waals surface area contributed by atoms with Crippen molar-refractivity contribution in [2.75, 3.05) is 43.3 Å². The molecule has 0 bridgehead atoms. The second-order valence-corrected chi connectivity index (χ2v) is 13.2. The molecule has 0 spiro atoms. The van der Waals surface area contributed by atoms with Crippen molar-refractivity contribution in [3.05, 3.63) is 87.5 Å². The lowest BCUT2D eigenvalue weighted by molar-refractivity contribution is 0.0408. The molecule has 1 unspecified atom stereocenters. The number of rotatable bonds is 9. The number of halogens is 4. The van der Waals surface area contributed by atoms with Crippen molar-refractivity contribution in [2.45, 2.75) is 10.1 Å². The molecule has 1 aromatic heterocycles. The molecular weight excluding hydrogens is 583 g/mol. The first-order valence-electron chi connectivity index (χ1n) is 11.4. The lowest BCUT2D eigenvalue weighted by Gasteiger charge is -2.26. The van der Waals surface area contributed by atoms with E-state index in [1.165, 1.54) is 24.3 Å². The summed E-state index contributed by atoms with van der Waals surface area (Å²) in [4.78, 5) is 5.67. The summed E-state index contributed by atoms with van der Waals surface area (Å²) < 4.78 is 89.7. The molecule has 3 aromatic rings. The second-order valence-electron chi connectivity index (χ2n) is 8.51. The molecule has 8 nitrogen and oxygen atoms in total. The van der Waals surface area contributed by atoms with Crippen LogP contribution in [0, 0.1) is 11.6 Å². The standard InChI is InChI=1S/C24H23Cl2F2N3O5S2/c25-16-1-4-18(5-2-16)38(34,35)24(20-13-17(27)3-6-22(20)28)19-14-23(29-15-21(19)26)30-37(32,33)12-9-31-7-10-36-11-8-31/h1-6,13-15,24H,7-12H2,(H,29,30). The zero-order valence-electron chi connectivity index (χ0n) is 19.8. The summed E-state index contributed by atoms with van der Waals surface area (Å²) in [5, 5.41) is -1.74. The van der Waals surface area contributed by atoms with E-state index in [0.717, 1.165) is 30.5 Å². The Bertz CT molecular complexity index is 1520. The molecule has 1 N–H and O–H groups in total. The molecule has 2 aromatic carbocycles. The highest BCUT2D eigenvalue weighted by atomic mass is 35.5. The molecule has 0 saturated carbocycles. The van der Waals surface area contributed by atoms with Gasteiger partial charge in [0.15, 0.2) is 9.84 Å². The number of nitrogens with zero attached hydrogens (tertiary/aromatic N) is 2. The van der Waals surface area contributed by atoms with E-state index in [2.05, 4.69) is 9.71 Å². The number of hydrogen-bond acceptors (Lipinski definition) is 7. The van der Waals surface area contributed by atoms with Crippen molar-refractivity contribution in [1.29, 1.82) is 0 Å². The van der Waals surface area contributed by atoms with Gasteiger partial charge in [-0.25, -0.2) is 30.6 Å². The van der Waals surface area contributed by atoms with Crippen molar-refractivity contribution >= 4 is 48.9 Å². The summed E-state index contributed by atoms with van der Waals surface area (Å²) in [7, 11) is -8.34. The highest BCUT2D eigenvalue weighted by Gasteiger charge is 2.35. The molecular formula is C24H23Cl2F2N3O5S2. The van der Waals surface area contributed by atoms with Crippen molar-refractivity contribution in [3.8, 4) is 0 Å². The minimum Gasteiger partial charge on any atom is -0.379 e. The Morgan fingerprint density at radius 2 is 1.66 bits per heavy atom. The highest BCUT2D eigenvalue weighted by molar-refractivity contribution is 7.92. The van der Waals surface area contributed by atoms with Gasteiger partial charge in [0.05, 0.1) is 28.9 Å². The average Bonchev–Trinajstić information content (AvgIpc) is 2.87. The van der Waals surface area contributed by atoms with Crippen LogP contribution in [0.5, 0.6) is 0 Å². The fourth-order valence-corrected chi connectivity index (χ4v) is 7.24. The average molecular weight is 606 g/mol. The predicted octanol–water partition coefficient (Wildman–Crippen LogP) is 4.30. The number of aromatic nitrogens is 1. The molecule has 14 heteroatoms. The van der Waals surface area contributed by atoms with Crippen LogP contribution in [0.2, 0.25) is 10.0 Å². The Hall–Kier alpha value is -2.35. The van der Waals surface area contributed by atoms with E-state index in [9.17, 15) is 25.6 Å². The molecule has 1 saturated heterocycles. The van der Waals surface area contributed by atoms with Crippen molar-refractivity contribution in [2.24, 2.45) is 0 Å². The molecule has 2 heterocycles.